The molecule has 1 amide bonds. The molecule has 1 heterocycles. The molecule has 0 N–H and O–H groups in total. The maximum Gasteiger partial charge on any atom is 0.260 e. The number of hydrogen-bond acceptors (Lipinski definition) is 5. The maximum atomic E-state index is 13.4. The Balaban J connectivity index is 1.98. The minimum absolute atomic E-state index is 0.0167. The van der Waals surface area contributed by atoms with Crippen LogP contribution in [0.1, 0.15) is 27.9 Å². The fraction of sp³-hybridized carbons (Fsp3) is 0.364. The molecule has 0 spiro atoms. The normalized spacial score (nSPS) is 11.4. The fourth-order valence-electron chi connectivity index (χ4n) is 3.22. The number of aromatic nitrogens is 1. The summed E-state index contributed by atoms with van der Waals surface area (Å²) in [6.07, 6.45) is 2.92. The number of anilines is 1. The van der Waals surface area contributed by atoms with Gasteiger partial charge in [-0.3, -0.25) is 9.69 Å². The lowest BCUT2D eigenvalue weighted by Crippen LogP contribution is -2.33. The highest BCUT2D eigenvalue weighted by molar-refractivity contribution is 7.98. The lowest BCUT2D eigenvalue weighted by Gasteiger charge is -2.21. The zero-order valence-corrected chi connectivity index (χ0v) is 18.8. The van der Waals surface area contributed by atoms with Gasteiger partial charge in [-0.1, -0.05) is 23.5 Å². The Hall–Kier alpha value is -1.89. The van der Waals surface area contributed by atoms with Crippen molar-refractivity contribution in [2.24, 2.45) is 0 Å². The van der Waals surface area contributed by atoms with Gasteiger partial charge in [0.1, 0.15) is 0 Å². The van der Waals surface area contributed by atoms with Crippen LogP contribution in [-0.4, -0.2) is 49.2 Å². The molecule has 0 aliphatic carbocycles. The molecule has 0 fully saturated rings. The molecular formula is C22H27N3OS2. The van der Waals surface area contributed by atoms with E-state index in [9.17, 15) is 4.79 Å². The third-order valence-corrected chi connectivity index (χ3v) is 6.35. The summed E-state index contributed by atoms with van der Waals surface area (Å²) in [5, 5.41) is 0.780. The van der Waals surface area contributed by atoms with E-state index in [1.807, 2.05) is 35.4 Å². The summed E-state index contributed by atoms with van der Waals surface area (Å²) >= 11 is 3.25. The number of aryl methyl sites for hydroxylation is 2. The van der Waals surface area contributed by atoms with Crippen molar-refractivity contribution in [3.8, 4) is 0 Å². The van der Waals surface area contributed by atoms with Gasteiger partial charge < -0.3 is 4.90 Å². The van der Waals surface area contributed by atoms with Gasteiger partial charge in [0.2, 0.25) is 0 Å². The van der Waals surface area contributed by atoms with Crippen molar-refractivity contribution >= 4 is 44.4 Å². The summed E-state index contributed by atoms with van der Waals surface area (Å²) in [4.78, 5) is 23.3. The number of carbonyl (C=O) groups is 1. The SMILES string of the molecule is CSc1cccc(C(=O)N(CCCN(C)C)c2nc3c(C)cc(C)cc3s2)c1. The molecule has 0 saturated carbocycles. The van der Waals surface area contributed by atoms with Crippen molar-refractivity contribution in [1.82, 2.24) is 9.88 Å². The van der Waals surface area contributed by atoms with Crippen LogP contribution in [0.4, 0.5) is 5.13 Å². The smallest absolute Gasteiger partial charge is 0.260 e. The van der Waals surface area contributed by atoms with E-state index in [0.717, 1.165) is 38.8 Å². The summed E-state index contributed by atoms with van der Waals surface area (Å²) in [7, 11) is 4.11. The lowest BCUT2D eigenvalue weighted by atomic mass is 10.1. The van der Waals surface area contributed by atoms with E-state index in [0.29, 0.717) is 12.1 Å². The van der Waals surface area contributed by atoms with E-state index in [1.165, 1.54) is 5.56 Å². The molecule has 0 saturated heterocycles. The zero-order valence-electron chi connectivity index (χ0n) is 17.2. The molecule has 3 aromatic rings. The second-order valence-corrected chi connectivity index (χ2v) is 9.16. The third-order valence-electron chi connectivity index (χ3n) is 4.60. The highest BCUT2D eigenvalue weighted by Crippen LogP contribution is 2.32. The molecule has 0 aliphatic rings. The number of rotatable bonds is 7. The zero-order chi connectivity index (χ0) is 20.3. The van der Waals surface area contributed by atoms with Crippen molar-refractivity contribution in [3.63, 3.8) is 0 Å². The molecule has 0 unspecified atom stereocenters. The predicted octanol–water partition coefficient (Wildman–Crippen LogP) is 5.23. The predicted molar refractivity (Wildman–Crippen MR) is 122 cm³/mol. The molecule has 0 bridgehead atoms. The van der Waals surface area contributed by atoms with Crippen LogP contribution in [0.15, 0.2) is 41.3 Å². The molecule has 0 radical (unpaired) electrons. The third kappa shape index (κ3) is 4.74. The molecular weight excluding hydrogens is 386 g/mol. The van der Waals surface area contributed by atoms with E-state index in [1.54, 1.807) is 23.1 Å². The van der Waals surface area contributed by atoms with Crippen LogP contribution < -0.4 is 4.90 Å². The largest absolute Gasteiger partial charge is 0.309 e. The Morgan fingerprint density at radius 2 is 1.93 bits per heavy atom. The first-order valence-electron chi connectivity index (χ1n) is 9.37. The van der Waals surface area contributed by atoms with Gasteiger partial charge in [-0.05, 0) is 82.6 Å². The van der Waals surface area contributed by atoms with Gasteiger partial charge in [-0.15, -0.1) is 11.8 Å². The van der Waals surface area contributed by atoms with Crippen LogP contribution in [-0.2, 0) is 0 Å². The van der Waals surface area contributed by atoms with Gasteiger partial charge in [0, 0.05) is 17.0 Å². The number of thiazole rings is 1. The quantitative estimate of drug-likeness (QED) is 0.497. The number of benzene rings is 2. The van der Waals surface area contributed by atoms with Gasteiger partial charge in [0.15, 0.2) is 5.13 Å². The molecule has 148 valence electrons. The first-order chi connectivity index (χ1) is 13.4. The average Bonchev–Trinajstić information content (AvgIpc) is 3.08. The van der Waals surface area contributed by atoms with Gasteiger partial charge in [0.05, 0.1) is 10.2 Å². The maximum absolute atomic E-state index is 13.4. The molecule has 6 heteroatoms. The number of nitrogens with zero attached hydrogens (tertiary/aromatic N) is 3. The van der Waals surface area contributed by atoms with Crippen molar-refractivity contribution in [2.75, 3.05) is 38.3 Å². The molecule has 2 aromatic carbocycles. The second kappa shape index (κ2) is 9.07. The van der Waals surface area contributed by atoms with Gasteiger partial charge >= 0.3 is 0 Å². The number of amides is 1. The summed E-state index contributed by atoms with van der Waals surface area (Å²) in [6.45, 7) is 5.76. The Morgan fingerprint density at radius 1 is 1.14 bits per heavy atom. The second-order valence-electron chi connectivity index (χ2n) is 7.27. The number of carbonyl (C=O) groups excluding carboxylic acids is 1. The minimum Gasteiger partial charge on any atom is -0.309 e. The Bertz CT molecular complexity index is 981. The first kappa shape index (κ1) is 20.8. The van der Waals surface area contributed by atoms with Gasteiger partial charge in [-0.25, -0.2) is 4.98 Å². The highest BCUT2D eigenvalue weighted by atomic mass is 32.2. The Morgan fingerprint density at radius 3 is 2.64 bits per heavy atom. The van der Waals surface area contributed by atoms with Crippen molar-refractivity contribution in [2.45, 2.75) is 25.2 Å². The lowest BCUT2D eigenvalue weighted by molar-refractivity contribution is 0.0986. The Kier molecular flexibility index (Phi) is 6.75. The fourth-order valence-corrected chi connectivity index (χ4v) is 4.84. The van der Waals surface area contributed by atoms with Crippen LogP contribution in [0.25, 0.3) is 10.2 Å². The standard InChI is InChI=1S/C22H27N3OS2/c1-15-12-16(2)20-19(13-15)28-22(23-20)25(11-7-10-24(3)4)21(26)17-8-6-9-18(14-17)27-5/h6,8-9,12-14H,7,10-11H2,1-5H3. The van der Waals surface area contributed by atoms with E-state index in [-0.39, 0.29) is 5.91 Å². The van der Waals surface area contributed by atoms with Crippen LogP contribution in [0, 0.1) is 13.8 Å². The van der Waals surface area contributed by atoms with E-state index in [4.69, 9.17) is 4.98 Å². The van der Waals surface area contributed by atoms with Gasteiger partial charge in [-0.2, -0.15) is 0 Å². The molecule has 0 atom stereocenters. The summed E-state index contributed by atoms with van der Waals surface area (Å²) < 4.78 is 1.13. The van der Waals surface area contributed by atoms with Crippen LogP contribution in [0.5, 0.6) is 0 Å². The average molecular weight is 414 g/mol. The summed E-state index contributed by atoms with van der Waals surface area (Å²) in [5.74, 6) is 0.0167. The summed E-state index contributed by atoms with van der Waals surface area (Å²) in [6, 6.07) is 12.1. The number of thioether (sulfide) groups is 1. The van der Waals surface area contributed by atoms with Crippen molar-refractivity contribution in [1.29, 1.82) is 0 Å². The first-order valence-corrected chi connectivity index (χ1v) is 11.4. The molecule has 3 rings (SSSR count). The van der Waals surface area contributed by atoms with E-state index in [2.05, 4.69) is 45.0 Å². The molecule has 0 aliphatic heterocycles. The number of fused-ring (bicyclic) bond motifs is 1. The minimum atomic E-state index is 0.0167. The van der Waals surface area contributed by atoms with E-state index < -0.39 is 0 Å². The van der Waals surface area contributed by atoms with E-state index >= 15 is 0 Å². The van der Waals surface area contributed by atoms with Crippen molar-refractivity contribution < 1.29 is 4.79 Å². The number of hydrogen-bond donors (Lipinski definition) is 0. The monoisotopic (exact) mass is 413 g/mol. The molecule has 28 heavy (non-hydrogen) atoms. The highest BCUT2D eigenvalue weighted by Gasteiger charge is 2.22. The summed E-state index contributed by atoms with van der Waals surface area (Å²) in [5.41, 5.74) is 4.08. The molecule has 4 nitrogen and oxygen atoms in total. The van der Waals surface area contributed by atoms with Gasteiger partial charge in [0.25, 0.3) is 5.91 Å². The Labute approximate surface area is 175 Å². The van der Waals surface area contributed by atoms with Crippen LogP contribution in [0.3, 0.4) is 0 Å². The van der Waals surface area contributed by atoms with Crippen LogP contribution >= 0.6 is 23.1 Å². The topological polar surface area (TPSA) is 36.4 Å². The molecule has 1 aromatic heterocycles. The van der Waals surface area contributed by atoms with Crippen LogP contribution in [0.2, 0.25) is 0 Å². The van der Waals surface area contributed by atoms with Crippen molar-refractivity contribution in [3.05, 3.63) is 53.1 Å².